The van der Waals surface area contributed by atoms with Crippen LogP contribution >= 0.6 is 11.6 Å². The molecule has 2 aromatic carbocycles. The Labute approximate surface area is 207 Å². The molecule has 0 fully saturated rings. The third-order valence-electron chi connectivity index (χ3n) is 5.73. The molecule has 15 heteroatoms. The maximum atomic E-state index is 14.8. The molecule has 1 aliphatic carbocycles. The van der Waals surface area contributed by atoms with Crippen molar-refractivity contribution in [2.24, 2.45) is 10.9 Å². The lowest BCUT2D eigenvalue weighted by Crippen LogP contribution is -2.63. The zero-order valence-electron chi connectivity index (χ0n) is 18.0. The SMILES string of the molecule is CC1=C(Cl)C(c2ccccc2C(F)(F)F)=CC(C(F)(F)F)(S(=O)(=O)c2ccccc2S(N)(=O)=O)C1N. The van der Waals surface area contributed by atoms with Crippen molar-refractivity contribution in [1.29, 1.82) is 0 Å². The Morgan fingerprint density at radius 2 is 1.39 bits per heavy atom. The van der Waals surface area contributed by atoms with Crippen LogP contribution in [0.3, 0.4) is 0 Å². The van der Waals surface area contributed by atoms with E-state index in [1.807, 2.05) is 0 Å². The van der Waals surface area contributed by atoms with Crippen LogP contribution in [0, 0.1) is 0 Å². The fourth-order valence-electron chi connectivity index (χ4n) is 3.94. The summed E-state index contributed by atoms with van der Waals surface area (Å²) < 4.78 is 133. The molecule has 2 atom stereocenters. The van der Waals surface area contributed by atoms with Gasteiger partial charge < -0.3 is 5.73 Å². The van der Waals surface area contributed by atoms with E-state index in [1.165, 1.54) is 0 Å². The minimum Gasteiger partial charge on any atom is -0.322 e. The van der Waals surface area contributed by atoms with E-state index in [2.05, 4.69) is 0 Å². The predicted molar refractivity (Wildman–Crippen MR) is 120 cm³/mol. The lowest BCUT2D eigenvalue weighted by Gasteiger charge is -2.41. The van der Waals surface area contributed by atoms with Gasteiger partial charge in [-0.05, 0) is 47.9 Å². The van der Waals surface area contributed by atoms with E-state index >= 15 is 0 Å². The van der Waals surface area contributed by atoms with Crippen LogP contribution in [0.15, 0.2) is 75.0 Å². The van der Waals surface area contributed by atoms with E-state index in [1.54, 1.807) is 0 Å². The normalized spacial score (nSPS) is 21.9. The summed E-state index contributed by atoms with van der Waals surface area (Å²) >= 11 is 6.15. The Balaban J connectivity index is 2.52. The van der Waals surface area contributed by atoms with E-state index in [9.17, 15) is 43.2 Å². The Kier molecular flexibility index (Phi) is 6.94. The molecule has 3 rings (SSSR count). The van der Waals surface area contributed by atoms with Gasteiger partial charge in [0.2, 0.25) is 14.8 Å². The predicted octanol–water partition coefficient (Wildman–Crippen LogP) is 4.36. The molecule has 4 N–H and O–H groups in total. The van der Waals surface area contributed by atoms with Crippen LogP contribution in [0.25, 0.3) is 5.57 Å². The molecule has 1 aliphatic rings. The van der Waals surface area contributed by atoms with Crippen LogP contribution in [0.4, 0.5) is 26.3 Å². The summed E-state index contributed by atoms with van der Waals surface area (Å²) in [5.41, 5.74) is 2.11. The number of sulfonamides is 1. The second-order valence-corrected chi connectivity index (χ2v) is 11.9. The van der Waals surface area contributed by atoms with Gasteiger partial charge in [0, 0.05) is 5.03 Å². The molecule has 0 bridgehead atoms. The van der Waals surface area contributed by atoms with Gasteiger partial charge in [-0.15, -0.1) is 0 Å². The number of nitrogens with two attached hydrogens (primary N) is 2. The second-order valence-electron chi connectivity index (χ2n) is 7.86. The molecule has 0 spiro atoms. The monoisotopic (exact) mass is 574 g/mol. The number of primary sulfonamides is 1. The van der Waals surface area contributed by atoms with Gasteiger partial charge in [-0.25, -0.2) is 22.0 Å². The van der Waals surface area contributed by atoms with E-state index in [4.69, 9.17) is 22.5 Å². The smallest absolute Gasteiger partial charge is 0.322 e. The molecule has 2 aromatic rings. The summed E-state index contributed by atoms with van der Waals surface area (Å²) in [5, 5.41) is 4.41. The topological polar surface area (TPSA) is 120 Å². The average Bonchev–Trinajstić information content (AvgIpc) is 2.75. The highest BCUT2D eigenvalue weighted by atomic mass is 35.5. The molecular formula is C21H17ClF6N2O4S2. The van der Waals surface area contributed by atoms with Gasteiger partial charge in [-0.1, -0.05) is 41.9 Å². The van der Waals surface area contributed by atoms with E-state index in [0.29, 0.717) is 18.2 Å². The molecule has 36 heavy (non-hydrogen) atoms. The van der Waals surface area contributed by atoms with Gasteiger partial charge in [-0.2, -0.15) is 26.3 Å². The molecule has 0 radical (unpaired) electrons. The van der Waals surface area contributed by atoms with Crippen molar-refractivity contribution in [2.45, 2.75) is 39.9 Å². The summed E-state index contributed by atoms with van der Waals surface area (Å²) in [6.45, 7) is 0.942. The highest BCUT2D eigenvalue weighted by molar-refractivity contribution is 7.94. The van der Waals surface area contributed by atoms with Crippen molar-refractivity contribution in [3.8, 4) is 0 Å². The third kappa shape index (κ3) is 4.34. The van der Waals surface area contributed by atoms with Crippen LogP contribution in [0.1, 0.15) is 18.1 Å². The average molecular weight is 575 g/mol. The number of benzene rings is 2. The minimum absolute atomic E-state index is 0.00677. The molecule has 2 unspecified atom stereocenters. The summed E-state index contributed by atoms with van der Waals surface area (Å²) in [6, 6.07) is 4.30. The van der Waals surface area contributed by atoms with Crippen molar-refractivity contribution < 1.29 is 43.2 Å². The van der Waals surface area contributed by atoms with Crippen LogP contribution < -0.4 is 10.9 Å². The number of rotatable bonds is 4. The maximum absolute atomic E-state index is 14.8. The number of allylic oxidation sites excluding steroid dienone is 2. The van der Waals surface area contributed by atoms with E-state index in [0.717, 1.165) is 37.3 Å². The Morgan fingerprint density at radius 1 is 0.889 bits per heavy atom. The molecule has 0 heterocycles. The number of hydrogen-bond donors (Lipinski definition) is 2. The number of alkyl halides is 6. The van der Waals surface area contributed by atoms with Crippen LogP contribution in [-0.2, 0) is 26.0 Å². The highest BCUT2D eigenvalue weighted by Crippen LogP contribution is 2.53. The molecule has 6 nitrogen and oxygen atoms in total. The minimum atomic E-state index is -5.85. The molecule has 0 amide bonds. The van der Waals surface area contributed by atoms with Crippen molar-refractivity contribution in [3.05, 3.63) is 76.3 Å². The standard InChI is InChI=1S/C21H17ClF6N2O4S2/c1-11-17(22)13(12-6-2-3-7-14(12)20(23,24)25)10-19(18(11)29,21(26,27)28)35(31,32)15-8-4-5-9-16(15)36(30,33)34/h2-10,18H,29H2,1H3,(H2,30,33,34). The molecule has 0 aliphatic heterocycles. The number of halogens is 7. The zero-order valence-corrected chi connectivity index (χ0v) is 20.4. The summed E-state index contributed by atoms with van der Waals surface area (Å²) in [4.78, 5) is -2.48. The summed E-state index contributed by atoms with van der Waals surface area (Å²) in [7, 11) is -10.7. The van der Waals surface area contributed by atoms with Gasteiger partial charge in [0.05, 0.1) is 16.5 Å². The first-order valence-electron chi connectivity index (χ1n) is 9.73. The van der Waals surface area contributed by atoms with Crippen LogP contribution in [0.5, 0.6) is 0 Å². The largest absolute Gasteiger partial charge is 0.417 e. The van der Waals surface area contributed by atoms with Gasteiger partial charge in [0.15, 0.2) is 9.84 Å². The maximum Gasteiger partial charge on any atom is 0.417 e. The van der Waals surface area contributed by atoms with Crippen molar-refractivity contribution in [2.75, 3.05) is 0 Å². The Hall–Kier alpha value is -2.39. The van der Waals surface area contributed by atoms with Crippen molar-refractivity contribution in [3.63, 3.8) is 0 Å². The zero-order chi connectivity index (χ0) is 27.5. The number of sulfone groups is 1. The Morgan fingerprint density at radius 3 is 1.89 bits per heavy atom. The quantitative estimate of drug-likeness (QED) is 0.526. The molecule has 0 aromatic heterocycles. The van der Waals surface area contributed by atoms with Crippen LogP contribution in [0.2, 0.25) is 0 Å². The van der Waals surface area contributed by atoms with Crippen LogP contribution in [-0.4, -0.2) is 33.8 Å². The first-order valence-corrected chi connectivity index (χ1v) is 13.1. The molecular weight excluding hydrogens is 558 g/mol. The van der Waals surface area contributed by atoms with Gasteiger partial charge in [0.25, 0.3) is 0 Å². The second kappa shape index (κ2) is 8.87. The van der Waals surface area contributed by atoms with Gasteiger partial charge in [-0.3, -0.25) is 0 Å². The lowest BCUT2D eigenvalue weighted by molar-refractivity contribution is -0.152. The van der Waals surface area contributed by atoms with E-state index < -0.39 is 80.1 Å². The fraction of sp³-hybridized carbons (Fsp3) is 0.238. The molecule has 0 saturated heterocycles. The van der Waals surface area contributed by atoms with E-state index in [-0.39, 0.29) is 6.08 Å². The Bertz CT molecular complexity index is 1500. The van der Waals surface area contributed by atoms with Gasteiger partial charge >= 0.3 is 12.4 Å². The lowest BCUT2D eigenvalue weighted by atomic mass is 9.82. The fourth-order valence-corrected chi connectivity index (χ4v) is 7.56. The third-order valence-corrected chi connectivity index (χ3v) is 9.75. The van der Waals surface area contributed by atoms with Crippen molar-refractivity contribution >= 4 is 37.0 Å². The van der Waals surface area contributed by atoms with Crippen molar-refractivity contribution in [1.82, 2.24) is 0 Å². The molecule has 0 saturated carbocycles. The summed E-state index contributed by atoms with van der Waals surface area (Å²) in [6.07, 6.45) is -10.8. The highest BCUT2D eigenvalue weighted by Gasteiger charge is 2.68. The number of hydrogen-bond acceptors (Lipinski definition) is 5. The van der Waals surface area contributed by atoms with Gasteiger partial charge in [0.1, 0.15) is 4.90 Å². The first kappa shape index (κ1) is 28.2. The first-order chi connectivity index (χ1) is 16.3. The summed E-state index contributed by atoms with van der Waals surface area (Å²) in [5.74, 6) is 0. The molecule has 196 valence electrons.